The van der Waals surface area contributed by atoms with Crippen LogP contribution < -0.4 is 5.32 Å². The van der Waals surface area contributed by atoms with Gasteiger partial charge in [-0.1, -0.05) is 32.0 Å². The minimum absolute atomic E-state index is 0.0654. The number of fused-ring (bicyclic) bond motifs is 1. The van der Waals surface area contributed by atoms with E-state index in [4.69, 9.17) is 4.42 Å². The third-order valence-corrected chi connectivity index (χ3v) is 4.24. The second kappa shape index (κ2) is 6.91. The van der Waals surface area contributed by atoms with Gasteiger partial charge in [-0.2, -0.15) is 0 Å². The highest BCUT2D eigenvalue weighted by Gasteiger charge is 2.36. The molecule has 2 aromatic rings. The van der Waals surface area contributed by atoms with E-state index in [0.29, 0.717) is 36.8 Å². The SMILES string of the molecule is CC(C)CC(C(=O)NCc1ccco1)N1Cc2ccccc2C1=O. The largest absolute Gasteiger partial charge is 0.467 e. The average Bonchev–Trinajstić information content (AvgIpc) is 3.19. The molecule has 2 amide bonds. The van der Waals surface area contributed by atoms with Crippen molar-refractivity contribution in [2.24, 2.45) is 5.92 Å². The van der Waals surface area contributed by atoms with Gasteiger partial charge in [-0.15, -0.1) is 0 Å². The monoisotopic (exact) mass is 326 g/mol. The number of nitrogens with one attached hydrogen (secondary N) is 1. The number of carbonyl (C=O) groups excluding carboxylic acids is 2. The summed E-state index contributed by atoms with van der Waals surface area (Å²) in [7, 11) is 0. The Morgan fingerprint density at radius 3 is 2.71 bits per heavy atom. The molecule has 24 heavy (non-hydrogen) atoms. The van der Waals surface area contributed by atoms with Crippen LogP contribution >= 0.6 is 0 Å². The first-order valence-corrected chi connectivity index (χ1v) is 8.25. The van der Waals surface area contributed by atoms with Crippen LogP contribution in [0.15, 0.2) is 47.1 Å². The highest BCUT2D eigenvalue weighted by molar-refractivity contribution is 6.01. The van der Waals surface area contributed by atoms with Crippen LogP contribution in [-0.2, 0) is 17.9 Å². The summed E-state index contributed by atoms with van der Waals surface area (Å²) >= 11 is 0. The third-order valence-electron chi connectivity index (χ3n) is 4.24. The Kier molecular flexibility index (Phi) is 4.69. The smallest absolute Gasteiger partial charge is 0.255 e. The summed E-state index contributed by atoms with van der Waals surface area (Å²) in [4.78, 5) is 27.1. The Hall–Kier alpha value is -2.56. The molecule has 0 radical (unpaired) electrons. The molecule has 0 aliphatic carbocycles. The van der Waals surface area contributed by atoms with E-state index in [0.717, 1.165) is 5.56 Å². The van der Waals surface area contributed by atoms with Gasteiger partial charge >= 0.3 is 0 Å². The van der Waals surface area contributed by atoms with Crippen LogP contribution in [0.5, 0.6) is 0 Å². The van der Waals surface area contributed by atoms with E-state index in [9.17, 15) is 9.59 Å². The van der Waals surface area contributed by atoms with E-state index in [1.165, 1.54) is 0 Å². The Balaban J connectivity index is 1.74. The van der Waals surface area contributed by atoms with E-state index in [2.05, 4.69) is 19.2 Å². The molecule has 3 rings (SSSR count). The fourth-order valence-electron chi connectivity index (χ4n) is 3.06. The highest BCUT2D eigenvalue weighted by atomic mass is 16.3. The van der Waals surface area contributed by atoms with Crippen molar-refractivity contribution in [3.05, 3.63) is 59.5 Å². The van der Waals surface area contributed by atoms with Gasteiger partial charge in [0.05, 0.1) is 12.8 Å². The fourth-order valence-corrected chi connectivity index (χ4v) is 3.06. The minimum Gasteiger partial charge on any atom is -0.467 e. The second-order valence-corrected chi connectivity index (χ2v) is 6.53. The molecular weight excluding hydrogens is 304 g/mol. The predicted molar refractivity (Wildman–Crippen MR) is 90.1 cm³/mol. The zero-order valence-electron chi connectivity index (χ0n) is 14.0. The normalized spacial score (nSPS) is 14.8. The molecule has 1 aliphatic rings. The molecule has 0 spiro atoms. The number of benzene rings is 1. The molecule has 1 aromatic carbocycles. The number of nitrogens with zero attached hydrogens (tertiary/aromatic N) is 1. The van der Waals surface area contributed by atoms with Crippen LogP contribution in [0, 0.1) is 5.92 Å². The van der Waals surface area contributed by atoms with E-state index in [1.54, 1.807) is 17.2 Å². The molecule has 5 heteroatoms. The minimum atomic E-state index is -0.472. The van der Waals surface area contributed by atoms with E-state index in [1.807, 2.05) is 30.3 Å². The molecule has 2 heterocycles. The lowest BCUT2D eigenvalue weighted by molar-refractivity contribution is -0.126. The number of hydrogen-bond donors (Lipinski definition) is 1. The molecule has 0 saturated heterocycles. The number of carbonyl (C=O) groups is 2. The van der Waals surface area contributed by atoms with Crippen molar-refractivity contribution in [3.63, 3.8) is 0 Å². The number of rotatable bonds is 6. The first kappa shape index (κ1) is 16.3. The Morgan fingerprint density at radius 2 is 2.04 bits per heavy atom. The average molecular weight is 326 g/mol. The first-order chi connectivity index (χ1) is 11.6. The lowest BCUT2D eigenvalue weighted by atomic mass is 10.0. The maximum absolute atomic E-state index is 12.7. The van der Waals surface area contributed by atoms with Crippen molar-refractivity contribution in [2.75, 3.05) is 0 Å². The van der Waals surface area contributed by atoms with E-state index < -0.39 is 6.04 Å². The van der Waals surface area contributed by atoms with Crippen LogP contribution in [0.2, 0.25) is 0 Å². The van der Waals surface area contributed by atoms with Crippen molar-refractivity contribution in [1.29, 1.82) is 0 Å². The Labute approximate surface area is 141 Å². The summed E-state index contributed by atoms with van der Waals surface area (Å²) in [5.74, 6) is 0.800. The van der Waals surface area contributed by atoms with Gasteiger partial charge in [0.2, 0.25) is 5.91 Å². The third kappa shape index (κ3) is 3.35. The van der Waals surface area contributed by atoms with Crippen LogP contribution in [-0.4, -0.2) is 22.8 Å². The fraction of sp³-hybridized carbons (Fsp3) is 0.368. The molecule has 1 unspecified atom stereocenters. The molecule has 1 aliphatic heterocycles. The summed E-state index contributed by atoms with van der Waals surface area (Å²) in [6, 6.07) is 10.7. The summed E-state index contributed by atoms with van der Waals surface area (Å²) in [6.07, 6.45) is 2.21. The highest BCUT2D eigenvalue weighted by Crippen LogP contribution is 2.26. The predicted octanol–water partition coefficient (Wildman–Crippen LogP) is 2.97. The van der Waals surface area contributed by atoms with Crippen molar-refractivity contribution in [1.82, 2.24) is 10.2 Å². The zero-order chi connectivity index (χ0) is 17.1. The lowest BCUT2D eigenvalue weighted by Crippen LogP contribution is -2.47. The van der Waals surface area contributed by atoms with Gasteiger partial charge in [-0.3, -0.25) is 9.59 Å². The van der Waals surface area contributed by atoms with Gasteiger partial charge < -0.3 is 14.6 Å². The maximum Gasteiger partial charge on any atom is 0.255 e. The standard InChI is InChI=1S/C19H22N2O3/c1-13(2)10-17(18(22)20-11-15-7-5-9-24-15)21-12-14-6-3-4-8-16(14)19(21)23/h3-9,13,17H,10-12H2,1-2H3,(H,20,22). The maximum atomic E-state index is 12.7. The number of furan rings is 1. The molecule has 0 bridgehead atoms. The van der Waals surface area contributed by atoms with Gasteiger partial charge in [-0.05, 0) is 36.1 Å². The van der Waals surface area contributed by atoms with Crippen molar-refractivity contribution < 1.29 is 14.0 Å². The van der Waals surface area contributed by atoms with Crippen LogP contribution in [0.25, 0.3) is 0 Å². The summed E-state index contributed by atoms with van der Waals surface area (Å²) in [6.45, 7) is 4.93. The molecule has 126 valence electrons. The molecule has 0 saturated carbocycles. The molecule has 0 fully saturated rings. The number of amides is 2. The van der Waals surface area contributed by atoms with Crippen LogP contribution in [0.3, 0.4) is 0 Å². The summed E-state index contributed by atoms with van der Waals surface area (Å²) in [5.41, 5.74) is 1.68. The van der Waals surface area contributed by atoms with Gasteiger partial charge in [0.25, 0.3) is 5.91 Å². The molecule has 5 nitrogen and oxygen atoms in total. The Morgan fingerprint density at radius 1 is 1.25 bits per heavy atom. The van der Waals surface area contributed by atoms with E-state index >= 15 is 0 Å². The van der Waals surface area contributed by atoms with E-state index in [-0.39, 0.29) is 11.8 Å². The van der Waals surface area contributed by atoms with Gasteiger partial charge in [0.1, 0.15) is 11.8 Å². The molecule has 1 aromatic heterocycles. The second-order valence-electron chi connectivity index (χ2n) is 6.53. The molecular formula is C19H22N2O3. The summed E-state index contributed by atoms with van der Waals surface area (Å²) in [5, 5.41) is 2.89. The van der Waals surface area contributed by atoms with Crippen LogP contribution in [0.1, 0.15) is 41.9 Å². The number of hydrogen-bond acceptors (Lipinski definition) is 3. The topological polar surface area (TPSA) is 62.6 Å². The molecule has 1 N–H and O–H groups in total. The summed E-state index contributed by atoms with van der Waals surface area (Å²) < 4.78 is 5.25. The van der Waals surface area contributed by atoms with Crippen molar-refractivity contribution >= 4 is 11.8 Å². The quantitative estimate of drug-likeness (QED) is 0.888. The van der Waals surface area contributed by atoms with Gasteiger partial charge in [0.15, 0.2) is 0 Å². The first-order valence-electron chi connectivity index (χ1n) is 8.25. The Bertz CT molecular complexity index is 722. The lowest BCUT2D eigenvalue weighted by Gasteiger charge is -2.28. The molecule has 1 atom stereocenters. The van der Waals surface area contributed by atoms with Crippen molar-refractivity contribution in [3.8, 4) is 0 Å². The van der Waals surface area contributed by atoms with Gasteiger partial charge in [-0.25, -0.2) is 0 Å². The van der Waals surface area contributed by atoms with Gasteiger partial charge in [0, 0.05) is 12.1 Å². The van der Waals surface area contributed by atoms with Crippen molar-refractivity contribution in [2.45, 2.75) is 39.4 Å². The van der Waals surface area contributed by atoms with Crippen LogP contribution in [0.4, 0.5) is 0 Å². The zero-order valence-corrected chi connectivity index (χ0v) is 14.0.